The van der Waals surface area contributed by atoms with E-state index in [0.29, 0.717) is 0 Å². The summed E-state index contributed by atoms with van der Waals surface area (Å²) in [6.07, 6.45) is 4.21. The third-order valence-corrected chi connectivity index (χ3v) is 10.8. The Balaban J connectivity index is -0.000000116. The Morgan fingerprint density at radius 3 is 1.16 bits per heavy atom. The first-order valence-corrected chi connectivity index (χ1v) is 18.1. The van der Waals surface area contributed by atoms with Gasteiger partial charge in [-0.1, -0.05) is 55.4 Å². The molecule has 0 aliphatic heterocycles. The Morgan fingerprint density at radius 1 is 0.822 bits per heavy atom. The molecule has 1 aromatic rings. The second-order valence-electron chi connectivity index (χ2n) is 12.7. The van der Waals surface area contributed by atoms with Crippen molar-refractivity contribution in [3.63, 3.8) is 0 Å². The molecule has 45 heavy (non-hydrogen) atoms. The first kappa shape index (κ1) is 56.2. The Labute approximate surface area is 287 Å². The Morgan fingerprint density at radius 2 is 1.02 bits per heavy atom. The van der Waals surface area contributed by atoms with Gasteiger partial charge in [0.2, 0.25) is 0 Å². The minimum Gasteiger partial charge on any atom is -0.358 e. The molecule has 1 aliphatic rings. The maximum Gasteiger partial charge on any atom is 3.00 e. The SMILES string of the molecule is CC(C)[PH+](c1nc(C(C)(C)C)cn1C)C(C)C.CC1C(C)C(C)C(C)C1C.C[CH+]C.F[P-](F)(F)(F)(F)F.[CH2-]C#N.[CH2-]C#N.[CH3-].[Ru+3]. The van der Waals surface area contributed by atoms with E-state index in [0.717, 1.165) is 40.9 Å². The fourth-order valence-electron chi connectivity index (χ4n) is 4.67. The molecule has 1 aliphatic carbocycles. The van der Waals surface area contributed by atoms with Crippen LogP contribution in [0.3, 0.4) is 0 Å². The minimum absolute atomic E-state index is 0. The first-order chi connectivity index (χ1) is 18.9. The number of imidazole rings is 1. The van der Waals surface area contributed by atoms with Crippen molar-refractivity contribution >= 4 is 21.3 Å². The van der Waals surface area contributed by atoms with Crippen molar-refractivity contribution in [3.05, 3.63) is 39.6 Å². The normalized spacial score (nSPS) is 21.5. The summed E-state index contributed by atoms with van der Waals surface area (Å²) in [5.74, 6) is 4.68. The van der Waals surface area contributed by atoms with E-state index in [1.54, 1.807) is 0 Å². The van der Waals surface area contributed by atoms with Gasteiger partial charge in [0, 0.05) is 18.7 Å². The molecule has 4 nitrogen and oxygen atoms in total. The van der Waals surface area contributed by atoms with E-state index < -0.39 is 15.7 Å². The van der Waals surface area contributed by atoms with Crippen LogP contribution in [0.4, 0.5) is 25.2 Å². The van der Waals surface area contributed by atoms with E-state index >= 15 is 0 Å². The summed E-state index contributed by atoms with van der Waals surface area (Å²) in [6.45, 7) is 37.6. The molecule has 1 radical (unpaired) electrons. The van der Waals surface area contributed by atoms with Crippen LogP contribution in [-0.2, 0) is 31.9 Å². The van der Waals surface area contributed by atoms with Gasteiger partial charge in [0.05, 0.1) is 45.2 Å². The molecule has 269 valence electrons. The van der Waals surface area contributed by atoms with Crippen LogP contribution in [0.1, 0.15) is 103 Å². The van der Waals surface area contributed by atoms with Crippen LogP contribution in [-0.4, -0.2) is 20.9 Å². The number of hydrogen-bond acceptors (Lipinski definition) is 3. The van der Waals surface area contributed by atoms with E-state index in [2.05, 4.69) is 115 Å². The molecule has 0 bridgehead atoms. The molecular formula is C32H62F6N4P2Ru+. The fraction of sp³-hybridized carbons (Fsp3) is 0.719. The minimum atomic E-state index is -10.7. The van der Waals surface area contributed by atoms with Gasteiger partial charge in [0.25, 0.3) is 5.57 Å². The van der Waals surface area contributed by atoms with Crippen LogP contribution in [0.2, 0.25) is 0 Å². The standard InChI is InChI=1S/C14H27N2P.C10H20.C3H7.2C2H2N.CH3.F6P.Ru/c1-10(2)17(11(3)4)13-15-12(9-16(13)8)14(5,6)7;1-6-7(2)9(4)10(5)8(6)3;1-3-2;2*1-2-3;;1-7(2,3,4,5)6;/h9-11H,1-8H3;6-10H,1-5H3;3H,1-2H3;2*1H2;1H3;;/q;;+1;4*-1;+3/p+1. The fourth-order valence-corrected chi connectivity index (χ4v) is 7.76. The van der Waals surface area contributed by atoms with Crippen molar-refractivity contribution in [1.29, 1.82) is 10.5 Å². The van der Waals surface area contributed by atoms with Crippen LogP contribution in [0.15, 0.2) is 6.20 Å². The Kier molecular flexibility index (Phi) is 28.0. The summed E-state index contributed by atoms with van der Waals surface area (Å²) in [5, 5.41) is 14.4. The van der Waals surface area contributed by atoms with Gasteiger partial charge in [-0.15, -0.1) is 12.1 Å². The molecule has 0 N–H and O–H groups in total. The van der Waals surface area contributed by atoms with E-state index in [9.17, 15) is 25.2 Å². The molecule has 13 heteroatoms. The van der Waals surface area contributed by atoms with Gasteiger partial charge >= 0.3 is 52.5 Å². The van der Waals surface area contributed by atoms with Crippen molar-refractivity contribution in [3.8, 4) is 12.1 Å². The third-order valence-electron chi connectivity index (χ3n) is 7.29. The van der Waals surface area contributed by atoms with Crippen LogP contribution in [0.5, 0.6) is 0 Å². The van der Waals surface area contributed by atoms with Gasteiger partial charge < -0.3 is 25.8 Å². The number of aryl methyl sites for hydroxylation is 1. The van der Waals surface area contributed by atoms with Crippen LogP contribution < -0.4 is 5.57 Å². The van der Waals surface area contributed by atoms with E-state index in [4.69, 9.17) is 15.5 Å². The molecule has 0 amide bonds. The molecule has 0 unspecified atom stereocenters. The number of aromatic nitrogens is 2. The van der Waals surface area contributed by atoms with Crippen LogP contribution in [0, 0.1) is 79.9 Å². The molecule has 0 spiro atoms. The average Bonchev–Trinajstić information content (AvgIpc) is 3.24. The van der Waals surface area contributed by atoms with Crippen molar-refractivity contribution in [1.82, 2.24) is 9.55 Å². The number of hydrogen-bond donors (Lipinski definition) is 0. The largest absolute Gasteiger partial charge is 3.00 e. The summed E-state index contributed by atoms with van der Waals surface area (Å²) in [6, 6.07) is 3.00. The Bertz CT molecular complexity index is 903. The van der Waals surface area contributed by atoms with Gasteiger partial charge in [0.1, 0.15) is 0 Å². The molecule has 0 atom stereocenters. The molecular weight excluding hydrogens is 717 g/mol. The van der Waals surface area contributed by atoms with Gasteiger partial charge in [-0.25, -0.2) is 15.5 Å². The topological polar surface area (TPSA) is 65.4 Å². The summed E-state index contributed by atoms with van der Waals surface area (Å²) in [4.78, 5) is 4.93. The molecule has 1 saturated carbocycles. The predicted molar refractivity (Wildman–Crippen MR) is 184 cm³/mol. The second-order valence-corrected chi connectivity index (χ2v) is 18.3. The summed E-state index contributed by atoms with van der Waals surface area (Å²) in [5.41, 5.74) is 4.17. The van der Waals surface area contributed by atoms with Crippen molar-refractivity contribution in [2.24, 2.45) is 36.6 Å². The van der Waals surface area contributed by atoms with Crippen molar-refractivity contribution in [2.75, 3.05) is 0 Å². The van der Waals surface area contributed by atoms with Gasteiger partial charge in [0.15, 0.2) is 0 Å². The third kappa shape index (κ3) is 30.0. The van der Waals surface area contributed by atoms with Gasteiger partial charge in [-0.05, 0) is 57.3 Å². The van der Waals surface area contributed by atoms with Crippen LogP contribution >= 0.6 is 15.7 Å². The van der Waals surface area contributed by atoms with Gasteiger partial charge in [-0.3, -0.25) is 0 Å². The number of nitrogens with zero attached hydrogens (tertiary/aromatic N) is 4. The van der Waals surface area contributed by atoms with Crippen molar-refractivity contribution in [2.45, 2.75) is 114 Å². The van der Waals surface area contributed by atoms with E-state index in [-0.39, 0.29) is 32.3 Å². The molecule has 0 saturated heterocycles. The summed E-state index contributed by atoms with van der Waals surface area (Å²) >= 11 is 0. The zero-order chi connectivity index (χ0) is 35.8. The maximum absolute atomic E-state index is 10.7. The molecule has 1 aromatic heterocycles. The zero-order valence-corrected chi connectivity index (χ0v) is 34.1. The summed E-state index contributed by atoms with van der Waals surface area (Å²) in [7, 11) is -9.08. The first-order valence-electron chi connectivity index (χ1n) is 14.4. The van der Waals surface area contributed by atoms with Crippen molar-refractivity contribution < 1.29 is 44.7 Å². The smallest absolute Gasteiger partial charge is 0.358 e. The number of nitriles is 2. The Hall–Kier alpha value is -1.14. The molecule has 1 heterocycles. The molecule has 2 rings (SSSR count). The zero-order valence-electron chi connectivity index (χ0n) is 30.5. The average molecular weight is 780 g/mol. The van der Waals surface area contributed by atoms with E-state index in [1.807, 2.05) is 20.3 Å². The number of halogens is 6. The monoisotopic (exact) mass is 780 g/mol. The van der Waals surface area contributed by atoms with Crippen LogP contribution in [0.25, 0.3) is 0 Å². The molecule has 0 aromatic carbocycles. The second kappa shape index (κ2) is 22.4. The maximum atomic E-state index is 9.87. The molecule has 1 fully saturated rings. The van der Waals surface area contributed by atoms with Gasteiger partial charge in [-0.2, -0.15) is 0 Å². The summed E-state index contributed by atoms with van der Waals surface area (Å²) < 4.78 is 61.5. The quantitative estimate of drug-likeness (QED) is 0.133. The van der Waals surface area contributed by atoms with E-state index in [1.165, 1.54) is 23.4 Å². The predicted octanol–water partition coefficient (Wildman–Crippen LogP) is 12.3. The number of rotatable bonds is 3.